The summed E-state index contributed by atoms with van der Waals surface area (Å²) in [7, 11) is 0. The van der Waals surface area contributed by atoms with Gasteiger partial charge in [-0.25, -0.2) is 4.98 Å². The predicted octanol–water partition coefficient (Wildman–Crippen LogP) is 2.86. The van der Waals surface area contributed by atoms with Crippen LogP contribution in [0.3, 0.4) is 0 Å². The van der Waals surface area contributed by atoms with E-state index in [4.69, 9.17) is 9.60 Å². The zero-order chi connectivity index (χ0) is 12.8. The van der Waals surface area contributed by atoms with Crippen LogP contribution in [0, 0.1) is 0 Å². The zero-order valence-electron chi connectivity index (χ0n) is 11.3. The van der Waals surface area contributed by atoms with Gasteiger partial charge in [0.2, 0.25) is 0 Å². The summed E-state index contributed by atoms with van der Waals surface area (Å²) in [4.78, 5) is 3.73. The van der Waals surface area contributed by atoms with Crippen LogP contribution in [-0.2, 0) is 6.37 Å². The minimum atomic E-state index is -3.05. The molecule has 0 amide bonds. The number of hydrogen-bond acceptors (Lipinski definition) is 2. The first-order chi connectivity index (χ1) is 7.00. The van der Waals surface area contributed by atoms with Gasteiger partial charge in [-0.1, -0.05) is 6.85 Å². The van der Waals surface area contributed by atoms with E-state index in [2.05, 4.69) is 20.9 Å². The maximum atomic E-state index is 7.60. The van der Waals surface area contributed by atoms with Gasteiger partial charge >= 0.3 is 0 Å². The Morgan fingerprint density at radius 1 is 2.11 bits per heavy atom. The molecule has 1 heterocycles. The van der Waals surface area contributed by atoms with Crippen LogP contribution in [0.5, 0.6) is 0 Å². The molecule has 1 aromatic heterocycles. The quantitative estimate of drug-likeness (QED) is 0.736. The van der Waals surface area contributed by atoms with Crippen molar-refractivity contribution in [3.8, 4) is 0 Å². The molecule has 0 aliphatic carbocycles. The molecule has 0 aromatic carbocycles. The predicted molar refractivity (Wildman–Crippen MR) is 43.8 cm³/mol. The van der Waals surface area contributed by atoms with Crippen molar-refractivity contribution in [2.75, 3.05) is 0 Å². The molecule has 9 heavy (non-hydrogen) atoms. The molecule has 1 rings (SSSR count). The second-order valence-corrected chi connectivity index (χ2v) is 2.90. The summed E-state index contributed by atoms with van der Waals surface area (Å²) in [5.41, 5.74) is 0. The summed E-state index contributed by atoms with van der Waals surface area (Å²) in [6.45, 7) is -3.05. The molecule has 0 unspecified atom stereocenters. The van der Waals surface area contributed by atoms with E-state index >= 15 is 0 Å². The Kier molecular flexibility index (Phi) is 0.852. The molecule has 0 bridgehead atoms. The summed E-state index contributed by atoms with van der Waals surface area (Å²) < 4.78 is 51.5. The van der Waals surface area contributed by atoms with Crippen molar-refractivity contribution in [2.45, 2.75) is 19.6 Å². The molecule has 0 radical (unpaired) electrons. The van der Waals surface area contributed by atoms with E-state index in [0.717, 1.165) is 11.3 Å². The van der Waals surface area contributed by atoms with E-state index in [0.29, 0.717) is 4.60 Å². The third-order valence-electron chi connectivity index (χ3n) is 0.646. The molecule has 3 heteroatoms. The van der Waals surface area contributed by atoms with Gasteiger partial charge in [-0.05, 0) is 28.7 Å². The molecule has 0 spiro atoms. The summed E-state index contributed by atoms with van der Waals surface area (Å²) in [5, 5.41) is 1.28. The lowest BCUT2D eigenvalue weighted by Gasteiger charge is -1.85. The van der Waals surface area contributed by atoms with Gasteiger partial charge in [-0.3, -0.25) is 0 Å². The fourth-order valence-corrected chi connectivity index (χ4v) is 1.46. The number of halogens is 1. The van der Waals surface area contributed by atoms with Gasteiger partial charge in [0.05, 0.1) is 5.01 Å². The van der Waals surface area contributed by atoms with Crippen molar-refractivity contribution in [2.24, 2.45) is 0 Å². The average Bonchev–Trinajstić information content (AvgIpc) is 2.49. The molecule has 0 saturated carbocycles. The van der Waals surface area contributed by atoms with Crippen LogP contribution in [0.2, 0.25) is 0 Å². The standard InChI is InChI=1S/C6H8BrNS/c1-2-3-6-8-5(7)4-9-6/h4H,2-3H2,1H3/i1D3,2D2,3D2. The lowest BCUT2D eigenvalue weighted by atomic mass is 10.4. The van der Waals surface area contributed by atoms with Crippen molar-refractivity contribution in [3.05, 3.63) is 15.0 Å². The number of thiazole rings is 1. The first-order valence-corrected chi connectivity index (χ1v) is 3.79. The Morgan fingerprint density at radius 3 is 3.56 bits per heavy atom. The molecule has 0 aliphatic rings. The van der Waals surface area contributed by atoms with Gasteiger partial charge in [0.25, 0.3) is 0 Å². The van der Waals surface area contributed by atoms with E-state index in [1.807, 2.05) is 0 Å². The van der Waals surface area contributed by atoms with Crippen LogP contribution in [0.4, 0.5) is 0 Å². The number of rotatable bonds is 2. The molecule has 0 saturated heterocycles. The van der Waals surface area contributed by atoms with Crippen LogP contribution < -0.4 is 0 Å². The van der Waals surface area contributed by atoms with Gasteiger partial charge in [-0.15, -0.1) is 11.3 Å². The van der Waals surface area contributed by atoms with Crippen molar-refractivity contribution in [3.63, 3.8) is 0 Å². The molecule has 1 aromatic rings. The van der Waals surface area contributed by atoms with Crippen LogP contribution in [0.25, 0.3) is 0 Å². The third kappa shape index (κ3) is 2.06. The molecule has 50 valence electrons. The van der Waals surface area contributed by atoms with Crippen LogP contribution >= 0.6 is 27.3 Å². The third-order valence-corrected chi connectivity index (χ3v) is 2.11. The largest absolute Gasteiger partial charge is 0.234 e. The van der Waals surface area contributed by atoms with Gasteiger partial charge in [0.15, 0.2) is 0 Å². The van der Waals surface area contributed by atoms with Gasteiger partial charge < -0.3 is 0 Å². The monoisotopic (exact) mass is 212 g/mol. The fourth-order valence-electron chi connectivity index (χ4n) is 0.365. The summed E-state index contributed by atoms with van der Waals surface area (Å²) in [5.74, 6) is 0. The highest BCUT2D eigenvalue weighted by Gasteiger charge is 1.95. The zero-order valence-corrected chi connectivity index (χ0v) is 6.71. The molecule has 0 aliphatic heterocycles. The molecule has 0 fully saturated rings. The number of hydrogen-bond donors (Lipinski definition) is 0. The number of aryl methyl sites for hydroxylation is 1. The normalized spacial score (nSPS) is 26.1. The molecule has 0 N–H and O–H groups in total. The van der Waals surface area contributed by atoms with Gasteiger partial charge in [-0.2, -0.15) is 0 Å². The van der Waals surface area contributed by atoms with E-state index < -0.39 is 19.6 Å². The van der Waals surface area contributed by atoms with Gasteiger partial charge in [0, 0.05) is 15.0 Å². The molecular weight excluding hydrogens is 198 g/mol. The highest BCUT2D eigenvalue weighted by Crippen LogP contribution is 2.15. The van der Waals surface area contributed by atoms with Crippen LogP contribution in [-0.4, -0.2) is 4.98 Å². The van der Waals surface area contributed by atoms with E-state index in [1.165, 1.54) is 5.38 Å². The van der Waals surface area contributed by atoms with E-state index in [-0.39, 0.29) is 5.01 Å². The second-order valence-electron chi connectivity index (χ2n) is 1.23. The van der Waals surface area contributed by atoms with Crippen molar-refractivity contribution < 1.29 is 9.60 Å². The first kappa shape index (κ1) is 2.31. The van der Waals surface area contributed by atoms with Gasteiger partial charge in [0.1, 0.15) is 4.60 Å². The highest BCUT2D eigenvalue weighted by atomic mass is 79.9. The SMILES string of the molecule is [2H]C([2H])([2H])C([2H])([2H])C([2H])([2H])c1nc(Br)cs1. The topological polar surface area (TPSA) is 12.9 Å². The summed E-state index contributed by atoms with van der Waals surface area (Å²) in [6, 6.07) is 0. The average molecular weight is 213 g/mol. The minimum absolute atomic E-state index is 0.194. The Bertz CT molecular complexity index is 384. The van der Waals surface area contributed by atoms with Crippen molar-refractivity contribution >= 4 is 27.3 Å². The summed E-state index contributed by atoms with van der Waals surface area (Å²) in [6.07, 6.45) is -5.65. The second kappa shape index (κ2) is 3.32. The fraction of sp³-hybridized carbons (Fsp3) is 0.500. The van der Waals surface area contributed by atoms with Crippen molar-refractivity contribution in [1.82, 2.24) is 4.98 Å². The Hall–Kier alpha value is 0.110. The van der Waals surface area contributed by atoms with E-state index in [9.17, 15) is 0 Å². The Morgan fingerprint density at radius 2 is 3.00 bits per heavy atom. The Labute approximate surface area is 77.1 Å². The lowest BCUT2D eigenvalue weighted by molar-refractivity contribution is 0.906. The smallest absolute Gasteiger partial charge is 0.117 e. The van der Waals surface area contributed by atoms with Crippen LogP contribution in [0.15, 0.2) is 9.98 Å². The number of nitrogens with zero attached hydrogens (tertiary/aromatic N) is 1. The maximum absolute atomic E-state index is 7.60. The minimum Gasteiger partial charge on any atom is -0.234 e. The van der Waals surface area contributed by atoms with E-state index in [1.54, 1.807) is 0 Å². The molecule has 1 nitrogen and oxygen atoms in total. The van der Waals surface area contributed by atoms with Crippen LogP contribution in [0.1, 0.15) is 27.8 Å². The number of aromatic nitrogens is 1. The molecule has 0 atom stereocenters. The Balaban J connectivity index is 3.21. The van der Waals surface area contributed by atoms with Crippen molar-refractivity contribution in [1.29, 1.82) is 0 Å². The maximum Gasteiger partial charge on any atom is 0.117 e. The lowest BCUT2D eigenvalue weighted by Crippen LogP contribution is -1.78. The summed E-state index contributed by atoms with van der Waals surface area (Å²) >= 11 is 3.89. The molecular formula is C6H8BrNS. The first-order valence-electron chi connectivity index (χ1n) is 5.61. The highest BCUT2D eigenvalue weighted by molar-refractivity contribution is 9.10.